The van der Waals surface area contributed by atoms with Gasteiger partial charge in [-0.3, -0.25) is 9.78 Å². The molecule has 31 heavy (non-hydrogen) atoms. The molecule has 5 rings (SSSR count). The smallest absolute Gasteiger partial charge is 0.194 e. The SMILES string of the molecule is C[C@H](Nc1ncnc2[nH]ccc(=O)c12)c1nc2c(F)cccc2cc1-c1ccccn1. The molecule has 4 aromatic heterocycles. The van der Waals surface area contributed by atoms with Gasteiger partial charge in [-0.2, -0.15) is 0 Å². The van der Waals surface area contributed by atoms with Crippen molar-refractivity contribution >= 4 is 27.8 Å². The number of anilines is 1. The number of H-pyrrole nitrogens is 1. The van der Waals surface area contributed by atoms with E-state index in [4.69, 9.17) is 0 Å². The van der Waals surface area contributed by atoms with Gasteiger partial charge in [0.2, 0.25) is 0 Å². The highest BCUT2D eigenvalue weighted by Gasteiger charge is 2.19. The average Bonchev–Trinajstić information content (AvgIpc) is 2.79. The van der Waals surface area contributed by atoms with Crippen LogP contribution in [0.4, 0.5) is 10.2 Å². The number of aromatic amines is 1. The Morgan fingerprint density at radius 2 is 1.97 bits per heavy atom. The highest BCUT2D eigenvalue weighted by molar-refractivity contribution is 5.87. The van der Waals surface area contributed by atoms with Crippen molar-refractivity contribution < 1.29 is 4.39 Å². The lowest BCUT2D eigenvalue weighted by molar-refractivity contribution is 0.635. The van der Waals surface area contributed by atoms with Crippen molar-refractivity contribution in [3.05, 3.63) is 89.0 Å². The molecule has 0 aliphatic rings. The number of halogens is 1. The molecule has 0 radical (unpaired) electrons. The molecule has 0 fully saturated rings. The van der Waals surface area contributed by atoms with Crippen LogP contribution in [-0.4, -0.2) is 24.9 Å². The lowest BCUT2D eigenvalue weighted by Gasteiger charge is -2.19. The van der Waals surface area contributed by atoms with Crippen molar-refractivity contribution in [2.75, 3.05) is 5.32 Å². The van der Waals surface area contributed by atoms with Gasteiger partial charge in [-0.1, -0.05) is 18.2 Å². The lowest BCUT2D eigenvalue weighted by atomic mass is 10.0. The number of rotatable bonds is 4. The van der Waals surface area contributed by atoms with Crippen LogP contribution in [0.25, 0.3) is 33.2 Å². The van der Waals surface area contributed by atoms with E-state index in [0.29, 0.717) is 27.9 Å². The largest absolute Gasteiger partial charge is 0.361 e. The molecule has 0 saturated carbocycles. The third-order valence-corrected chi connectivity index (χ3v) is 5.08. The van der Waals surface area contributed by atoms with Crippen LogP contribution >= 0.6 is 0 Å². The summed E-state index contributed by atoms with van der Waals surface area (Å²) in [6.45, 7) is 1.88. The summed E-state index contributed by atoms with van der Waals surface area (Å²) in [5.41, 5.74) is 2.58. The minimum Gasteiger partial charge on any atom is -0.361 e. The molecule has 5 aromatic rings. The summed E-state index contributed by atoms with van der Waals surface area (Å²) in [4.78, 5) is 32.8. The molecule has 8 heteroatoms. The number of hydrogen-bond acceptors (Lipinski definition) is 6. The van der Waals surface area contributed by atoms with Gasteiger partial charge in [-0.15, -0.1) is 0 Å². The van der Waals surface area contributed by atoms with Crippen LogP contribution in [0.3, 0.4) is 0 Å². The molecule has 0 aliphatic carbocycles. The third-order valence-electron chi connectivity index (χ3n) is 5.08. The molecule has 0 spiro atoms. The summed E-state index contributed by atoms with van der Waals surface area (Å²) in [5, 5.41) is 4.28. The highest BCUT2D eigenvalue weighted by Crippen LogP contribution is 2.31. The average molecular weight is 412 g/mol. The van der Waals surface area contributed by atoms with E-state index >= 15 is 0 Å². The zero-order valence-corrected chi connectivity index (χ0v) is 16.5. The number of benzene rings is 1. The Morgan fingerprint density at radius 1 is 1.06 bits per heavy atom. The number of fused-ring (bicyclic) bond motifs is 2. The first-order chi connectivity index (χ1) is 15.1. The maximum absolute atomic E-state index is 14.5. The number of aromatic nitrogens is 5. The fourth-order valence-electron chi connectivity index (χ4n) is 3.62. The Labute approximate surface area is 176 Å². The summed E-state index contributed by atoms with van der Waals surface area (Å²) in [6.07, 6.45) is 4.61. The third kappa shape index (κ3) is 3.38. The van der Waals surface area contributed by atoms with Gasteiger partial charge < -0.3 is 10.3 Å². The highest BCUT2D eigenvalue weighted by atomic mass is 19.1. The van der Waals surface area contributed by atoms with Crippen molar-refractivity contribution in [2.24, 2.45) is 0 Å². The Balaban J connectivity index is 1.67. The van der Waals surface area contributed by atoms with E-state index in [0.717, 1.165) is 11.3 Å². The van der Waals surface area contributed by atoms with Gasteiger partial charge in [0.25, 0.3) is 0 Å². The summed E-state index contributed by atoms with van der Waals surface area (Å²) >= 11 is 0. The van der Waals surface area contributed by atoms with E-state index in [1.54, 1.807) is 12.3 Å². The van der Waals surface area contributed by atoms with Crippen molar-refractivity contribution in [3.63, 3.8) is 0 Å². The molecule has 0 amide bonds. The van der Waals surface area contributed by atoms with Crippen LogP contribution in [0.1, 0.15) is 18.7 Å². The number of hydrogen-bond donors (Lipinski definition) is 2. The Morgan fingerprint density at radius 3 is 2.81 bits per heavy atom. The zero-order chi connectivity index (χ0) is 21.4. The van der Waals surface area contributed by atoms with Crippen molar-refractivity contribution in [3.8, 4) is 11.3 Å². The maximum Gasteiger partial charge on any atom is 0.194 e. The molecule has 1 atom stereocenters. The Bertz CT molecular complexity index is 1460. The van der Waals surface area contributed by atoms with Crippen LogP contribution in [0.5, 0.6) is 0 Å². The standard InChI is InChI=1S/C23H17FN6O/c1-13(29-23-19-18(31)8-10-26-22(19)27-12-28-23)20-15(17-7-2-3-9-25-17)11-14-5-4-6-16(24)21(14)30-20/h2-13H,1H3,(H2,26,27,28,29,31)/t13-/m0/s1. The van der Waals surface area contributed by atoms with Gasteiger partial charge >= 0.3 is 0 Å². The first kappa shape index (κ1) is 18.8. The van der Waals surface area contributed by atoms with Gasteiger partial charge in [0.05, 0.1) is 17.4 Å². The van der Waals surface area contributed by atoms with E-state index in [9.17, 15) is 9.18 Å². The summed E-state index contributed by atoms with van der Waals surface area (Å²) in [5.74, 6) is -0.0239. The van der Waals surface area contributed by atoms with Gasteiger partial charge in [0.1, 0.15) is 34.5 Å². The normalized spacial score (nSPS) is 12.2. The molecular weight excluding hydrogens is 395 g/mol. The summed E-state index contributed by atoms with van der Waals surface area (Å²) in [7, 11) is 0. The molecule has 0 aliphatic heterocycles. The number of pyridine rings is 3. The number of nitrogens with zero attached hydrogens (tertiary/aromatic N) is 4. The second kappa shape index (κ2) is 7.56. The van der Waals surface area contributed by atoms with Gasteiger partial charge in [-0.25, -0.2) is 19.3 Å². The number of nitrogens with one attached hydrogen (secondary N) is 2. The van der Waals surface area contributed by atoms with Crippen molar-refractivity contribution in [2.45, 2.75) is 13.0 Å². The minimum absolute atomic E-state index is 0.202. The van der Waals surface area contributed by atoms with Crippen LogP contribution < -0.4 is 10.7 Å². The zero-order valence-electron chi connectivity index (χ0n) is 16.5. The molecule has 4 heterocycles. The fourth-order valence-corrected chi connectivity index (χ4v) is 3.62. The van der Waals surface area contributed by atoms with Crippen LogP contribution in [0, 0.1) is 5.82 Å². The predicted molar refractivity (Wildman–Crippen MR) is 117 cm³/mol. The van der Waals surface area contributed by atoms with Crippen molar-refractivity contribution in [1.29, 1.82) is 0 Å². The topological polar surface area (TPSA) is 96.5 Å². The first-order valence-corrected chi connectivity index (χ1v) is 9.71. The molecule has 0 unspecified atom stereocenters. The molecule has 0 saturated heterocycles. The monoisotopic (exact) mass is 412 g/mol. The molecule has 2 N–H and O–H groups in total. The maximum atomic E-state index is 14.5. The van der Waals surface area contributed by atoms with E-state index in [2.05, 4.69) is 30.2 Å². The summed E-state index contributed by atoms with van der Waals surface area (Å²) in [6, 6.07) is 13.4. The molecule has 1 aromatic carbocycles. The van der Waals surface area contributed by atoms with Gasteiger partial charge in [0, 0.05) is 29.4 Å². The van der Waals surface area contributed by atoms with E-state index in [-0.39, 0.29) is 10.9 Å². The molecule has 7 nitrogen and oxygen atoms in total. The van der Waals surface area contributed by atoms with Gasteiger partial charge in [-0.05, 0) is 31.2 Å². The fraction of sp³-hybridized carbons (Fsp3) is 0.0870. The lowest BCUT2D eigenvalue weighted by Crippen LogP contribution is -2.15. The van der Waals surface area contributed by atoms with E-state index in [1.807, 2.05) is 37.3 Å². The van der Waals surface area contributed by atoms with Crippen LogP contribution in [-0.2, 0) is 0 Å². The minimum atomic E-state index is -0.404. The summed E-state index contributed by atoms with van der Waals surface area (Å²) < 4.78 is 14.5. The number of para-hydroxylation sites is 1. The van der Waals surface area contributed by atoms with E-state index < -0.39 is 11.9 Å². The van der Waals surface area contributed by atoms with Crippen LogP contribution in [0.15, 0.2) is 72.0 Å². The molecular formula is C23H17FN6O. The second-order valence-electron chi connectivity index (χ2n) is 7.10. The predicted octanol–water partition coefficient (Wildman–Crippen LogP) is 4.24. The first-order valence-electron chi connectivity index (χ1n) is 9.71. The van der Waals surface area contributed by atoms with Crippen molar-refractivity contribution in [1.82, 2.24) is 24.9 Å². The Hall–Kier alpha value is -4.20. The van der Waals surface area contributed by atoms with Crippen LogP contribution in [0.2, 0.25) is 0 Å². The quantitative estimate of drug-likeness (QED) is 0.458. The Kier molecular flexibility index (Phi) is 4.59. The van der Waals surface area contributed by atoms with Gasteiger partial charge in [0.15, 0.2) is 5.43 Å². The second-order valence-corrected chi connectivity index (χ2v) is 7.10. The molecule has 152 valence electrons. The van der Waals surface area contributed by atoms with E-state index in [1.165, 1.54) is 24.7 Å². The molecule has 0 bridgehead atoms.